The normalized spacial score (nSPS) is 13.0. The van der Waals surface area contributed by atoms with Gasteiger partial charge in [0.25, 0.3) is 0 Å². The van der Waals surface area contributed by atoms with Gasteiger partial charge in [0.05, 0.1) is 0 Å². The zero-order valence-corrected chi connectivity index (χ0v) is 11.4. The van der Waals surface area contributed by atoms with Crippen molar-refractivity contribution in [2.45, 2.75) is 26.3 Å². The van der Waals surface area contributed by atoms with Crippen LogP contribution in [0, 0.1) is 0 Å². The van der Waals surface area contributed by atoms with Crippen LogP contribution >= 0.6 is 0 Å². The molecule has 1 aromatic carbocycles. The van der Waals surface area contributed by atoms with E-state index in [9.17, 15) is 9.90 Å². The van der Waals surface area contributed by atoms with Crippen LogP contribution in [0.5, 0.6) is 0 Å². The summed E-state index contributed by atoms with van der Waals surface area (Å²) in [6, 6.07) is 7.53. The molecule has 0 amide bonds. The summed E-state index contributed by atoms with van der Waals surface area (Å²) in [5, 5.41) is 10.5. The third-order valence-electron chi connectivity index (χ3n) is 3.63. The molecule has 0 bridgehead atoms. The average Bonchev–Trinajstić information content (AvgIpc) is 2.82. The van der Waals surface area contributed by atoms with Crippen LogP contribution in [-0.2, 0) is 11.2 Å². The van der Waals surface area contributed by atoms with Gasteiger partial charge in [-0.3, -0.25) is 9.69 Å². The number of nitrogens with one attached hydrogen (secondary N) is 1. The second-order valence-corrected chi connectivity index (χ2v) is 4.64. The third-order valence-corrected chi connectivity index (χ3v) is 3.63. The van der Waals surface area contributed by atoms with Crippen molar-refractivity contribution >= 4 is 16.9 Å². The Balaban J connectivity index is 2.28. The Hall–Kier alpha value is -1.81. The number of fused-ring (bicyclic) bond motifs is 1. The molecule has 0 unspecified atom stereocenters. The quantitative estimate of drug-likeness (QED) is 0.839. The van der Waals surface area contributed by atoms with Gasteiger partial charge in [-0.05, 0) is 24.7 Å². The van der Waals surface area contributed by atoms with Gasteiger partial charge in [0.1, 0.15) is 6.04 Å². The first kappa shape index (κ1) is 13.6. The number of nitrogens with zero attached hydrogens (tertiary/aromatic N) is 1. The molecule has 1 heterocycles. The Morgan fingerprint density at radius 1 is 1.32 bits per heavy atom. The molecule has 1 atom stereocenters. The Morgan fingerprint density at radius 3 is 2.63 bits per heavy atom. The van der Waals surface area contributed by atoms with Crippen molar-refractivity contribution in [1.29, 1.82) is 0 Å². The number of carboxylic acids is 1. The topological polar surface area (TPSA) is 56.3 Å². The maximum absolute atomic E-state index is 11.5. The monoisotopic (exact) mass is 260 g/mol. The molecule has 0 saturated carbocycles. The molecule has 4 nitrogen and oxygen atoms in total. The molecule has 0 aliphatic rings. The number of rotatable bonds is 6. The third kappa shape index (κ3) is 2.79. The lowest BCUT2D eigenvalue weighted by atomic mass is 10.0. The number of hydrogen-bond acceptors (Lipinski definition) is 2. The number of para-hydroxylation sites is 1. The molecule has 0 radical (unpaired) electrons. The van der Waals surface area contributed by atoms with Crippen LogP contribution in [0.15, 0.2) is 30.5 Å². The predicted octanol–water partition coefficient (Wildman–Crippen LogP) is 2.51. The summed E-state index contributed by atoms with van der Waals surface area (Å²) >= 11 is 0. The minimum atomic E-state index is -0.756. The Morgan fingerprint density at radius 2 is 2.00 bits per heavy atom. The minimum absolute atomic E-state index is 0.464. The zero-order chi connectivity index (χ0) is 13.8. The van der Waals surface area contributed by atoms with Crippen LogP contribution in [0.1, 0.15) is 19.4 Å². The Labute approximate surface area is 113 Å². The van der Waals surface area contributed by atoms with Crippen molar-refractivity contribution < 1.29 is 9.90 Å². The smallest absolute Gasteiger partial charge is 0.321 e. The maximum atomic E-state index is 11.5. The summed E-state index contributed by atoms with van der Waals surface area (Å²) in [6.07, 6.45) is 2.45. The van der Waals surface area contributed by atoms with Crippen molar-refractivity contribution in [3.63, 3.8) is 0 Å². The van der Waals surface area contributed by atoms with E-state index in [4.69, 9.17) is 0 Å². The molecule has 102 valence electrons. The first-order valence-electron chi connectivity index (χ1n) is 6.69. The highest BCUT2D eigenvalue weighted by Gasteiger charge is 2.24. The summed E-state index contributed by atoms with van der Waals surface area (Å²) < 4.78 is 0. The van der Waals surface area contributed by atoms with E-state index in [0.29, 0.717) is 6.42 Å². The number of likely N-dealkylation sites (N-methyl/N-ethyl adjacent to an activating group) is 1. The summed E-state index contributed by atoms with van der Waals surface area (Å²) in [5.74, 6) is -0.756. The molecule has 19 heavy (non-hydrogen) atoms. The van der Waals surface area contributed by atoms with Crippen molar-refractivity contribution in [2.75, 3.05) is 13.1 Å². The molecule has 0 spiro atoms. The van der Waals surface area contributed by atoms with Crippen molar-refractivity contribution in [2.24, 2.45) is 0 Å². The van der Waals surface area contributed by atoms with Crippen LogP contribution < -0.4 is 0 Å². The lowest BCUT2D eigenvalue weighted by Gasteiger charge is -2.25. The summed E-state index contributed by atoms with van der Waals surface area (Å²) in [4.78, 5) is 16.6. The van der Waals surface area contributed by atoms with Crippen molar-refractivity contribution in [3.05, 3.63) is 36.0 Å². The summed E-state index contributed by atoms with van der Waals surface area (Å²) in [6.45, 7) is 5.48. The number of aliphatic carboxylic acids is 1. The van der Waals surface area contributed by atoms with Gasteiger partial charge in [0.2, 0.25) is 0 Å². The second kappa shape index (κ2) is 5.89. The SMILES string of the molecule is CCN(CC)[C@@H](Cc1c[nH]c2ccccc12)C(=O)O. The lowest BCUT2D eigenvalue weighted by molar-refractivity contribution is -0.143. The van der Waals surface area contributed by atoms with Crippen LogP contribution in [0.3, 0.4) is 0 Å². The zero-order valence-electron chi connectivity index (χ0n) is 11.4. The van der Waals surface area contributed by atoms with E-state index in [1.807, 2.05) is 49.2 Å². The van der Waals surface area contributed by atoms with Gasteiger partial charge >= 0.3 is 5.97 Å². The molecule has 1 aromatic heterocycles. The van der Waals surface area contributed by atoms with Crippen LogP contribution in [0.25, 0.3) is 10.9 Å². The van der Waals surface area contributed by atoms with Gasteiger partial charge in [0.15, 0.2) is 0 Å². The van der Waals surface area contributed by atoms with E-state index in [2.05, 4.69) is 4.98 Å². The number of hydrogen-bond donors (Lipinski definition) is 2. The number of H-pyrrole nitrogens is 1. The highest BCUT2D eigenvalue weighted by atomic mass is 16.4. The lowest BCUT2D eigenvalue weighted by Crippen LogP contribution is -2.42. The van der Waals surface area contributed by atoms with Gasteiger partial charge in [-0.25, -0.2) is 0 Å². The number of aromatic nitrogens is 1. The van der Waals surface area contributed by atoms with E-state index in [0.717, 1.165) is 29.6 Å². The second-order valence-electron chi connectivity index (χ2n) is 4.64. The number of carboxylic acid groups (broad SMARTS) is 1. The number of benzene rings is 1. The highest BCUT2D eigenvalue weighted by molar-refractivity contribution is 5.84. The standard InChI is InChI=1S/C15H20N2O2/c1-3-17(4-2)14(15(18)19)9-11-10-16-13-8-6-5-7-12(11)13/h5-8,10,14,16H,3-4,9H2,1-2H3,(H,18,19)/t14-/m0/s1. The van der Waals surface area contributed by atoms with E-state index >= 15 is 0 Å². The molecule has 2 N–H and O–H groups in total. The van der Waals surface area contributed by atoms with Crippen molar-refractivity contribution in [3.8, 4) is 0 Å². The van der Waals surface area contributed by atoms with E-state index in [-0.39, 0.29) is 0 Å². The fourth-order valence-electron chi connectivity index (χ4n) is 2.55. The van der Waals surface area contributed by atoms with Gasteiger partial charge in [-0.15, -0.1) is 0 Å². The first-order chi connectivity index (χ1) is 9.17. The van der Waals surface area contributed by atoms with Crippen molar-refractivity contribution in [1.82, 2.24) is 9.88 Å². The van der Waals surface area contributed by atoms with Crippen LogP contribution in [0.4, 0.5) is 0 Å². The van der Waals surface area contributed by atoms with Gasteiger partial charge in [-0.2, -0.15) is 0 Å². The fraction of sp³-hybridized carbons (Fsp3) is 0.400. The van der Waals surface area contributed by atoms with Crippen LogP contribution in [-0.4, -0.2) is 40.1 Å². The van der Waals surface area contributed by atoms with Gasteiger partial charge in [0, 0.05) is 23.5 Å². The van der Waals surface area contributed by atoms with Gasteiger partial charge < -0.3 is 10.1 Å². The van der Waals surface area contributed by atoms with E-state index in [1.54, 1.807) is 0 Å². The Kier molecular flexibility index (Phi) is 4.22. The average molecular weight is 260 g/mol. The largest absolute Gasteiger partial charge is 0.480 e. The minimum Gasteiger partial charge on any atom is -0.480 e. The van der Waals surface area contributed by atoms with Gasteiger partial charge in [-0.1, -0.05) is 32.0 Å². The molecular weight excluding hydrogens is 240 g/mol. The molecule has 0 aliphatic carbocycles. The summed E-state index contributed by atoms with van der Waals surface area (Å²) in [5.41, 5.74) is 2.12. The number of carbonyl (C=O) groups is 1. The molecule has 4 heteroatoms. The molecule has 0 aliphatic heterocycles. The molecule has 0 saturated heterocycles. The van der Waals surface area contributed by atoms with Crippen LogP contribution in [0.2, 0.25) is 0 Å². The molecule has 0 fully saturated rings. The highest BCUT2D eigenvalue weighted by Crippen LogP contribution is 2.20. The van der Waals surface area contributed by atoms with E-state index < -0.39 is 12.0 Å². The maximum Gasteiger partial charge on any atom is 0.321 e. The first-order valence-corrected chi connectivity index (χ1v) is 6.69. The molecular formula is C15H20N2O2. The summed E-state index contributed by atoms with van der Waals surface area (Å²) in [7, 11) is 0. The fourth-order valence-corrected chi connectivity index (χ4v) is 2.55. The van der Waals surface area contributed by atoms with E-state index in [1.165, 1.54) is 0 Å². The molecule has 2 rings (SSSR count). The predicted molar refractivity (Wildman–Crippen MR) is 76.3 cm³/mol. The Bertz CT molecular complexity index is 558. The number of aromatic amines is 1. The molecule has 2 aromatic rings.